The molecule has 0 amide bonds. The summed E-state index contributed by atoms with van der Waals surface area (Å²) in [4.78, 5) is 9.74. The summed E-state index contributed by atoms with van der Waals surface area (Å²) in [6.07, 6.45) is 0. The molecule has 60 valence electrons. The van der Waals surface area contributed by atoms with Gasteiger partial charge in [0.2, 0.25) is 5.82 Å². The first-order valence-corrected chi connectivity index (χ1v) is 3.21. The molecule has 1 rings (SSSR count). The van der Waals surface area contributed by atoms with E-state index < -0.39 is 4.92 Å². The molecule has 0 saturated heterocycles. The van der Waals surface area contributed by atoms with E-state index in [1.54, 1.807) is 6.92 Å². The number of rotatable bonds is 2. The maximum Gasteiger partial charge on any atom is 0.458 e. The van der Waals surface area contributed by atoms with Gasteiger partial charge in [0, 0.05) is 6.92 Å². The van der Waals surface area contributed by atoms with Gasteiger partial charge < -0.3 is 10.1 Å². The first kappa shape index (κ1) is 7.64. The van der Waals surface area contributed by atoms with Crippen LogP contribution in [0.5, 0.6) is 0 Å². The Morgan fingerprint density at radius 3 is 2.64 bits per heavy atom. The molecule has 1 aromatic heterocycles. The standard InChI is InChI=1S/C5H8N4O2/c1-3-8-4(2)6-7-5(8)9(10)11/h3H2,1-2H3. The van der Waals surface area contributed by atoms with Gasteiger partial charge in [-0.05, 0) is 16.9 Å². The van der Waals surface area contributed by atoms with Crippen LogP contribution in [0, 0.1) is 17.0 Å². The highest BCUT2D eigenvalue weighted by atomic mass is 16.6. The van der Waals surface area contributed by atoms with Crippen molar-refractivity contribution in [2.75, 3.05) is 0 Å². The van der Waals surface area contributed by atoms with E-state index in [-0.39, 0.29) is 5.95 Å². The van der Waals surface area contributed by atoms with Crippen molar-refractivity contribution in [1.29, 1.82) is 0 Å². The van der Waals surface area contributed by atoms with Gasteiger partial charge in [-0.25, -0.2) is 4.57 Å². The molecule has 0 aliphatic rings. The molecule has 0 spiro atoms. The fourth-order valence-corrected chi connectivity index (χ4v) is 0.875. The van der Waals surface area contributed by atoms with Gasteiger partial charge in [-0.3, -0.25) is 0 Å². The Kier molecular flexibility index (Phi) is 1.84. The van der Waals surface area contributed by atoms with Crippen molar-refractivity contribution in [3.63, 3.8) is 0 Å². The van der Waals surface area contributed by atoms with Gasteiger partial charge in [-0.15, -0.1) is 0 Å². The molecular formula is C5H8N4O2. The monoisotopic (exact) mass is 156 g/mol. The van der Waals surface area contributed by atoms with Crippen LogP contribution in [0.15, 0.2) is 0 Å². The maximum atomic E-state index is 10.3. The molecule has 0 atom stereocenters. The van der Waals surface area contributed by atoms with Crippen molar-refractivity contribution in [1.82, 2.24) is 14.8 Å². The Morgan fingerprint density at radius 1 is 1.64 bits per heavy atom. The van der Waals surface area contributed by atoms with Gasteiger partial charge in [0.25, 0.3) is 0 Å². The largest absolute Gasteiger partial charge is 0.458 e. The predicted octanol–water partition coefficient (Wildman–Crippen LogP) is 0.515. The minimum atomic E-state index is -0.538. The third-order valence-corrected chi connectivity index (χ3v) is 1.40. The summed E-state index contributed by atoms with van der Waals surface area (Å²) in [6, 6.07) is 0. The number of hydrogen-bond donors (Lipinski definition) is 0. The summed E-state index contributed by atoms with van der Waals surface area (Å²) in [5, 5.41) is 17.3. The normalized spacial score (nSPS) is 10.0. The fraction of sp³-hybridized carbons (Fsp3) is 0.600. The van der Waals surface area contributed by atoms with Gasteiger partial charge in [-0.2, -0.15) is 0 Å². The molecule has 0 bridgehead atoms. The Hall–Kier alpha value is -1.46. The number of nitrogens with zero attached hydrogens (tertiary/aromatic N) is 4. The van der Waals surface area contributed by atoms with Gasteiger partial charge in [0.15, 0.2) is 0 Å². The lowest BCUT2D eigenvalue weighted by molar-refractivity contribution is -0.397. The molecule has 6 heteroatoms. The van der Waals surface area contributed by atoms with Crippen molar-refractivity contribution in [3.05, 3.63) is 15.9 Å². The third kappa shape index (κ3) is 1.19. The summed E-state index contributed by atoms with van der Waals surface area (Å²) >= 11 is 0. The lowest BCUT2D eigenvalue weighted by atomic mass is 10.6. The van der Waals surface area contributed by atoms with Crippen LogP contribution in [-0.4, -0.2) is 19.7 Å². The highest BCUT2D eigenvalue weighted by molar-refractivity contribution is 5.06. The van der Waals surface area contributed by atoms with Crippen molar-refractivity contribution in [2.24, 2.45) is 0 Å². The van der Waals surface area contributed by atoms with Crippen LogP contribution in [0.2, 0.25) is 0 Å². The second kappa shape index (κ2) is 2.65. The van der Waals surface area contributed by atoms with Crippen molar-refractivity contribution < 1.29 is 4.92 Å². The Labute approximate surface area is 63.0 Å². The van der Waals surface area contributed by atoms with E-state index in [1.807, 2.05) is 6.92 Å². The molecule has 1 heterocycles. The summed E-state index contributed by atoms with van der Waals surface area (Å²) < 4.78 is 1.44. The smallest absolute Gasteiger partial charge is 0.390 e. The fourth-order valence-electron chi connectivity index (χ4n) is 0.875. The molecule has 6 nitrogen and oxygen atoms in total. The molecule has 0 aromatic carbocycles. The van der Waals surface area contributed by atoms with E-state index in [9.17, 15) is 10.1 Å². The lowest BCUT2D eigenvalue weighted by Gasteiger charge is -1.95. The van der Waals surface area contributed by atoms with E-state index >= 15 is 0 Å². The Balaban J connectivity index is 3.15. The first-order valence-electron chi connectivity index (χ1n) is 3.21. The van der Waals surface area contributed by atoms with E-state index in [4.69, 9.17) is 0 Å². The zero-order valence-corrected chi connectivity index (χ0v) is 6.31. The highest BCUT2D eigenvalue weighted by Crippen LogP contribution is 2.08. The van der Waals surface area contributed by atoms with E-state index in [0.717, 1.165) is 0 Å². The number of aromatic nitrogens is 3. The topological polar surface area (TPSA) is 73.8 Å². The number of hydrogen-bond acceptors (Lipinski definition) is 4. The molecule has 0 radical (unpaired) electrons. The van der Waals surface area contributed by atoms with Crippen molar-refractivity contribution in [3.8, 4) is 0 Å². The summed E-state index contributed by atoms with van der Waals surface area (Å²) in [5.74, 6) is 0.379. The van der Waals surface area contributed by atoms with Crippen LogP contribution in [0.25, 0.3) is 0 Å². The third-order valence-electron chi connectivity index (χ3n) is 1.40. The molecule has 11 heavy (non-hydrogen) atoms. The van der Waals surface area contributed by atoms with Gasteiger partial charge in [-0.1, -0.05) is 0 Å². The van der Waals surface area contributed by atoms with Crippen LogP contribution in [0.1, 0.15) is 12.7 Å². The van der Waals surface area contributed by atoms with Gasteiger partial charge in [0.1, 0.15) is 0 Å². The molecular weight excluding hydrogens is 148 g/mol. The predicted molar refractivity (Wildman–Crippen MR) is 37.1 cm³/mol. The Morgan fingerprint density at radius 2 is 2.27 bits per heavy atom. The lowest BCUT2D eigenvalue weighted by Crippen LogP contribution is -2.02. The van der Waals surface area contributed by atoms with Crippen LogP contribution in [-0.2, 0) is 6.54 Å². The average Bonchev–Trinajstić information content (AvgIpc) is 2.30. The molecule has 0 aliphatic carbocycles. The minimum absolute atomic E-state index is 0.190. The second-order valence-corrected chi connectivity index (χ2v) is 2.05. The summed E-state index contributed by atoms with van der Waals surface area (Å²) in [6.45, 7) is 4.02. The molecule has 0 fully saturated rings. The Bertz CT molecular complexity index is 280. The zero-order valence-electron chi connectivity index (χ0n) is 6.31. The summed E-state index contributed by atoms with van der Waals surface area (Å²) in [7, 11) is 0. The second-order valence-electron chi connectivity index (χ2n) is 2.05. The molecule has 0 N–H and O–H groups in total. The zero-order chi connectivity index (χ0) is 8.43. The SMILES string of the molecule is CCn1c(C)nnc1[N+](=O)[O-]. The van der Waals surface area contributed by atoms with Crippen molar-refractivity contribution in [2.45, 2.75) is 20.4 Å². The van der Waals surface area contributed by atoms with Crippen LogP contribution in [0.4, 0.5) is 5.95 Å². The molecule has 0 aliphatic heterocycles. The van der Waals surface area contributed by atoms with Gasteiger partial charge >= 0.3 is 5.95 Å². The van der Waals surface area contributed by atoms with Crippen LogP contribution < -0.4 is 0 Å². The quantitative estimate of drug-likeness (QED) is 0.462. The molecule has 0 unspecified atom stereocenters. The maximum absolute atomic E-state index is 10.3. The summed E-state index contributed by atoms with van der Waals surface area (Å²) in [5.41, 5.74) is 0. The van der Waals surface area contributed by atoms with E-state index in [1.165, 1.54) is 4.57 Å². The average molecular weight is 156 g/mol. The minimum Gasteiger partial charge on any atom is -0.390 e. The van der Waals surface area contributed by atoms with E-state index in [2.05, 4.69) is 10.2 Å². The van der Waals surface area contributed by atoms with E-state index in [0.29, 0.717) is 12.4 Å². The van der Waals surface area contributed by atoms with Gasteiger partial charge in [0.05, 0.1) is 11.6 Å². The first-order chi connectivity index (χ1) is 5.16. The van der Waals surface area contributed by atoms with Crippen molar-refractivity contribution >= 4 is 5.95 Å². The number of nitro groups is 1. The molecule has 1 aromatic rings. The number of aryl methyl sites for hydroxylation is 1. The van der Waals surface area contributed by atoms with Crippen LogP contribution >= 0.6 is 0 Å². The molecule has 0 saturated carbocycles. The highest BCUT2D eigenvalue weighted by Gasteiger charge is 2.17. The van der Waals surface area contributed by atoms with Crippen LogP contribution in [0.3, 0.4) is 0 Å².